The number of benzene rings is 4. The molecule has 2 heterocycles. The summed E-state index contributed by atoms with van der Waals surface area (Å²) in [5.74, 6) is -0.738. The van der Waals surface area contributed by atoms with Crippen LogP contribution in [0.4, 0.5) is 22.8 Å². The number of likely N-dealkylation sites (tertiary alicyclic amines) is 1. The highest BCUT2D eigenvalue weighted by atomic mass is 19.4. The van der Waals surface area contributed by atoms with Crippen molar-refractivity contribution in [3.05, 3.63) is 114 Å². The van der Waals surface area contributed by atoms with E-state index in [9.17, 15) is 32.3 Å². The summed E-state index contributed by atoms with van der Waals surface area (Å²) < 4.78 is 55.6. The molecule has 0 spiro atoms. The smallest absolute Gasteiger partial charge is 0.453 e. The summed E-state index contributed by atoms with van der Waals surface area (Å²) in [6.07, 6.45) is -2.73. The number of methoxy groups -OCH3 is 1. The number of aromatic nitrogens is 1. The molecule has 3 amide bonds. The van der Waals surface area contributed by atoms with Crippen molar-refractivity contribution in [2.45, 2.75) is 70.1 Å². The lowest BCUT2D eigenvalue weighted by molar-refractivity contribution is -0.274. The van der Waals surface area contributed by atoms with Gasteiger partial charge in [-0.3, -0.25) is 14.5 Å². The SMILES string of the molecule is COC(=O)N(C1c2ccccc2-c2ccccc21)C1(C(=O)NCCCn2cc(-c3ccc(OC(F)(F)F)cc3)c3cc(C=O)ccc32)CCN(C(=O)OC(C)(C)C)CC1. The topological polar surface area (TPSA) is 119 Å². The van der Waals surface area contributed by atoms with Crippen molar-refractivity contribution >= 4 is 35.3 Å². The summed E-state index contributed by atoms with van der Waals surface area (Å²) in [4.78, 5) is 57.0. The monoisotopic (exact) mass is 810 g/mol. The minimum atomic E-state index is -4.83. The Labute approximate surface area is 339 Å². The van der Waals surface area contributed by atoms with Crippen LogP contribution in [0, 0.1) is 0 Å². The lowest BCUT2D eigenvalue weighted by Gasteiger charge is -2.49. The number of fused-ring (bicyclic) bond motifs is 4. The highest BCUT2D eigenvalue weighted by Crippen LogP contribution is 2.50. The van der Waals surface area contributed by atoms with E-state index in [0.717, 1.165) is 39.4 Å². The Morgan fingerprint density at radius 2 is 1.51 bits per heavy atom. The van der Waals surface area contributed by atoms with E-state index in [1.54, 1.807) is 48.8 Å². The second-order valence-electron chi connectivity index (χ2n) is 15.7. The largest absolute Gasteiger partial charge is 0.573 e. The number of piperidine rings is 1. The first kappa shape index (κ1) is 40.9. The van der Waals surface area contributed by atoms with Crippen LogP contribution in [0.15, 0.2) is 97.2 Å². The molecule has 4 aromatic carbocycles. The van der Waals surface area contributed by atoms with Crippen molar-refractivity contribution in [3.8, 4) is 28.0 Å². The van der Waals surface area contributed by atoms with Gasteiger partial charge in [-0.1, -0.05) is 60.7 Å². The highest BCUT2D eigenvalue weighted by Gasteiger charge is 2.54. The number of nitrogens with zero attached hydrogens (tertiary/aromatic N) is 3. The number of rotatable bonds is 10. The normalized spacial score (nSPS) is 14.9. The number of hydrogen-bond acceptors (Lipinski definition) is 7. The zero-order valence-electron chi connectivity index (χ0n) is 33.2. The molecule has 0 unspecified atom stereocenters. The van der Waals surface area contributed by atoms with Crippen LogP contribution in [-0.4, -0.2) is 83.0 Å². The van der Waals surface area contributed by atoms with Gasteiger partial charge < -0.3 is 29.0 Å². The molecule has 0 atom stereocenters. The third-order valence-electron chi connectivity index (χ3n) is 10.9. The van der Waals surface area contributed by atoms with E-state index in [1.807, 2.05) is 59.3 Å². The van der Waals surface area contributed by atoms with Gasteiger partial charge in [-0.25, -0.2) is 9.59 Å². The van der Waals surface area contributed by atoms with Crippen LogP contribution < -0.4 is 10.1 Å². The Kier molecular flexibility index (Phi) is 11.2. The predicted molar refractivity (Wildman–Crippen MR) is 215 cm³/mol. The average Bonchev–Trinajstić information content (AvgIpc) is 3.74. The summed E-state index contributed by atoms with van der Waals surface area (Å²) in [6.45, 7) is 6.30. The van der Waals surface area contributed by atoms with Gasteiger partial charge in [0.05, 0.1) is 13.2 Å². The molecular weight excluding hydrogens is 766 g/mol. The highest BCUT2D eigenvalue weighted by molar-refractivity contribution is 5.99. The third-order valence-corrected chi connectivity index (χ3v) is 10.9. The Morgan fingerprint density at radius 3 is 2.08 bits per heavy atom. The van der Waals surface area contributed by atoms with Crippen LogP contribution in [0.2, 0.25) is 0 Å². The average molecular weight is 811 g/mol. The number of alkyl halides is 3. The molecule has 5 aromatic rings. The molecule has 11 nitrogen and oxygen atoms in total. The first-order chi connectivity index (χ1) is 28.1. The molecule has 1 saturated heterocycles. The molecule has 1 fully saturated rings. The zero-order chi connectivity index (χ0) is 42.1. The van der Waals surface area contributed by atoms with E-state index in [0.29, 0.717) is 29.7 Å². The van der Waals surface area contributed by atoms with Crippen LogP contribution in [0.3, 0.4) is 0 Å². The van der Waals surface area contributed by atoms with Crippen molar-refractivity contribution in [1.29, 1.82) is 0 Å². The van der Waals surface area contributed by atoms with E-state index in [-0.39, 0.29) is 44.1 Å². The number of carbonyl (C=O) groups excluding carboxylic acids is 4. The molecule has 1 aliphatic carbocycles. The van der Waals surface area contributed by atoms with Crippen molar-refractivity contribution < 1.29 is 46.6 Å². The number of ether oxygens (including phenoxy) is 3. The number of hydrogen-bond donors (Lipinski definition) is 1. The van der Waals surface area contributed by atoms with Gasteiger partial charge in [0.15, 0.2) is 0 Å². The van der Waals surface area contributed by atoms with E-state index in [1.165, 1.54) is 31.4 Å². The molecule has 14 heteroatoms. The lowest BCUT2D eigenvalue weighted by atomic mass is 9.82. The van der Waals surface area contributed by atoms with Crippen molar-refractivity contribution in [2.24, 2.45) is 0 Å². The van der Waals surface area contributed by atoms with Crippen LogP contribution in [0.5, 0.6) is 5.75 Å². The number of amides is 3. The van der Waals surface area contributed by atoms with Crippen molar-refractivity contribution in [1.82, 2.24) is 19.7 Å². The van der Waals surface area contributed by atoms with Crippen molar-refractivity contribution in [3.63, 3.8) is 0 Å². The minimum Gasteiger partial charge on any atom is -0.453 e. The second kappa shape index (κ2) is 16.1. The first-order valence-corrected chi connectivity index (χ1v) is 19.4. The minimum absolute atomic E-state index is 0.117. The quantitative estimate of drug-likeness (QED) is 0.110. The number of carbonyl (C=O) groups is 4. The number of aryl methyl sites for hydroxylation is 1. The fourth-order valence-electron chi connectivity index (χ4n) is 8.25. The maximum atomic E-state index is 14.8. The van der Waals surface area contributed by atoms with Gasteiger partial charge in [0.25, 0.3) is 0 Å². The maximum Gasteiger partial charge on any atom is 0.573 e. The Balaban J connectivity index is 1.16. The standard InChI is InChI=1S/C45H45F3N4O7/c1-43(2,3)59-41(55)50-24-20-44(21-25-50,52(42(56)57-4)39-34-12-7-5-10-32(34)33-11-6-8-13-35(33)39)40(54)49-22-9-23-51-27-37(36-26-29(28-53)14-19-38(36)51)30-15-17-31(18-16-30)58-45(46,47)48/h5-8,10-19,26-28,39H,9,20-25H2,1-4H3,(H,49,54). The Morgan fingerprint density at radius 1 is 0.881 bits per heavy atom. The van der Waals surface area contributed by atoms with Gasteiger partial charge in [-0.2, -0.15) is 0 Å². The van der Waals surface area contributed by atoms with Crippen LogP contribution >= 0.6 is 0 Å². The fraction of sp³-hybridized carbons (Fsp3) is 0.333. The van der Waals surface area contributed by atoms with Gasteiger partial charge in [0, 0.05) is 54.4 Å². The summed E-state index contributed by atoms with van der Waals surface area (Å²) >= 11 is 0. The van der Waals surface area contributed by atoms with E-state index >= 15 is 0 Å². The molecule has 0 saturated carbocycles. The summed E-state index contributed by atoms with van der Waals surface area (Å²) in [6, 6.07) is 25.7. The second-order valence-corrected chi connectivity index (χ2v) is 15.7. The molecule has 1 N–H and O–H groups in total. The molecular formula is C45H45F3N4O7. The number of aldehydes is 1. The van der Waals surface area contributed by atoms with Gasteiger partial charge in [-0.05, 0) is 98.2 Å². The zero-order valence-corrected chi connectivity index (χ0v) is 33.2. The van der Waals surface area contributed by atoms with Gasteiger partial charge in [0.2, 0.25) is 5.91 Å². The lowest BCUT2D eigenvalue weighted by Crippen LogP contribution is -2.66. The van der Waals surface area contributed by atoms with Gasteiger partial charge >= 0.3 is 18.5 Å². The molecule has 1 aromatic heterocycles. The predicted octanol–water partition coefficient (Wildman–Crippen LogP) is 9.13. The molecule has 7 rings (SSSR count). The summed E-state index contributed by atoms with van der Waals surface area (Å²) in [5.41, 5.74) is 4.01. The number of nitrogens with one attached hydrogen (secondary N) is 1. The van der Waals surface area contributed by atoms with Gasteiger partial charge in [0.1, 0.15) is 23.2 Å². The van der Waals surface area contributed by atoms with Crippen LogP contribution in [-0.2, 0) is 20.8 Å². The van der Waals surface area contributed by atoms with Crippen molar-refractivity contribution in [2.75, 3.05) is 26.7 Å². The summed E-state index contributed by atoms with van der Waals surface area (Å²) in [5, 5.41) is 3.84. The van der Waals surface area contributed by atoms with Crippen LogP contribution in [0.25, 0.3) is 33.2 Å². The molecule has 1 aliphatic heterocycles. The maximum absolute atomic E-state index is 14.8. The van der Waals surface area contributed by atoms with E-state index in [2.05, 4.69) is 10.1 Å². The van der Waals surface area contributed by atoms with E-state index < -0.39 is 35.7 Å². The molecule has 2 aliphatic rings. The molecule has 59 heavy (non-hydrogen) atoms. The van der Waals surface area contributed by atoms with E-state index in [4.69, 9.17) is 9.47 Å². The summed E-state index contributed by atoms with van der Waals surface area (Å²) in [7, 11) is 1.29. The third kappa shape index (κ3) is 8.34. The molecule has 0 radical (unpaired) electrons. The fourth-order valence-corrected chi connectivity index (χ4v) is 8.25. The first-order valence-electron chi connectivity index (χ1n) is 19.4. The molecule has 0 bridgehead atoms. The Hall–Kier alpha value is -6.31. The van der Waals surface area contributed by atoms with Gasteiger partial charge in [-0.15, -0.1) is 13.2 Å². The molecule has 308 valence electrons. The number of halogens is 3. The Bertz CT molecular complexity index is 2330. The van der Waals surface area contributed by atoms with Crippen LogP contribution in [0.1, 0.15) is 67.6 Å².